The van der Waals surface area contributed by atoms with E-state index >= 15 is 0 Å². The molecule has 2 aromatic carbocycles. The molecule has 35 heavy (non-hydrogen) atoms. The molecule has 0 radical (unpaired) electrons. The molecule has 0 saturated carbocycles. The topological polar surface area (TPSA) is 98.9 Å². The molecule has 176 valence electrons. The molecule has 0 saturated heterocycles. The highest BCUT2D eigenvalue weighted by atomic mass is 32.1. The van der Waals surface area contributed by atoms with Crippen molar-refractivity contribution in [1.82, 2.24) is 4.98 Å². The summed E-state index contributed by atoms with van der Waals surface area (Å²) in [6.45, 7) is 5.27. The maximum atomic E-state index is 13.7. The van der Waals surface area contributed by atoms with E-state index in [1.165, 1.54) is 11.0 Å². The first-order valence-electron chi connectivity index (χ1n) is 10.7. The van der Waals surface area contributed by atoms with Crippen molar-refractivity contribution < 1.29 is 23.5 Å². The number of ether oxygens (including phenoxy) is 2. The highest BCUT2D eigenvalue weighted by Gasteiger charge is 2.45. The Balaban J connectivity index is 1.70. The minimum absolute atomic E-state index is 0.0434. The SMILES string of the molecule is C=CCOC(=O)c1sc(N2C(=O)c3oc4ccccc4c(=O)c3[C@H]2c2ccc(OC)cc2)nc1C. The monoisotopic (exact) mass is 488 g/mol. The second kappa shape index (κ2) is 8.84. The van der Waals surface area contributed by atoms with E-state index in [2.05, 4.69) is 11.6 Å². The highest BCUT2D eigenvalue weighted by Crippen LogP contribution is 2.43. The molecule has 0 aliphatic carbocycles. The maximum absolute atomic E-state index is 13.7. The zero-order valence-electron chi connectivity index (χ0n) is 18.9. The molecule has 3 heterocycles. The van der Waals surface area contributed by atoms with Crippen LogP contribution in [0.4, 0.5) is 5.13 Å². The van der Waals surface area contributed by atoms with E-state index in [0.717, 1.165) is 11.3 Å². The van der Waals surface area contributed by atoms with E-state index in [1.807, 2.05) is 0 Å². The standard InChI is InChI=1S/C26H20N2O6S/c1-4-13-33-25(31)23-14(2)27-26(35-23)28-20(15-9-11-16(32-3)12-10-15)19-21(29)17-7-5-6-8-18(17)34-22(19)24(28)30/h4-12,20H,1,13H2,2-3H3/t20-/m1/s1. The van der Waals surface area contributed by atoms with Gasteiger partial charge in [-0.3, -0.25) is 14.5 Å². The third-order valence-corrected chi connectivity index (χ3v) is 6.85. The molecule has 0 bridgehead atoms. The van der Waals surface area contributed by atoms with E-state index in [9.17, 15) is 14.4 Å². The largest absolute Gasteiger partial charge is 0.497 e. The second-order valence-corrected chi connectivity index (χ2v) is 8.80. The Hall–Kier alpha value is -4.24. The molecule has 1 atom stereocenters. The predicted molar refractivity (Wildman–Crippen MR) is 131 cm³/mol. The number of fused-ring (bicyclic) bond motifs is 2. The Morgan fingerprint density at radius 1 is 1.20 bits per heavy atom. The number of benzene rings is 2. The van der Waals surface area contributed by atoms with Crippen LogP contribution in [0.3, 0.4) is 0 Å². The Morgan fingerprint density at radius 2 is 1.94 bits per heavy atom. The maximum Gasteiger partial charge on any atom is 0.350 e. The number of rotatable bonds is 6. The molecule has 0 spiro atoms. The van der Waals surface area contributed by atoms with Crippen molar-refractivity contribution >= 4 is 39.3 Å². The van der Waals surface area contributed by atoms with Crippen LogP contribution in [0, 0.1) is 6.92 Å². The van der Waals surface area contributed by atoms with Gasteiger partial charge in [0.25, 0.3) is 5.91 Å². The molecular weight excluding hydrogens is 468 g/mol. The molecule has 8 nitrogen and oxygen atoms in total. The summed E-state index contributed by atoms with van der Waals surface area (Å²) in [5, 5.41) is 0.636. The number of hydrogen-bond donors (Lipinski definition) is 0. The smallest absolute Gasteiger partial charge is 0.350 e. The van der Waals surface area contributed by atoms with Crippen LogP contribution in [0.1, 0.15) is 43.1 Å². The molecule has 2 aromatic heterocycles. The highest BCUT2D eigenvalue weighted by molar-refractivity contribution is 7.17. The van der Waals surface area contributed by atoms with Crippen LogP contribution >= 0.6 is 11.3 Å². The van der Waals surface area contributed by atoms with Crippen molar-refractivity contribution in [3.05, 3.63) is 98.9 Å². The van der Waals surface area contributed by atoms with Crippen molar-refractivity contribution in [3.63, 3.8) is 0 Å². The molecule has 0 N–H and O–H groups in total. The minimum atomic E-state index is -0.799. The zero-order chi connectivity index (χ0) is 24.7. The van der Waals surface area contributed by atoms with Gasteiger partial charge in [-0.1, -0.05) is 48.3 Å². The first kappa shape index (κ1) is 22.5. The Kier molecular flexibility index (Phi) is 5.70. The van der Waals surface area contributed by atoms with Crippen molar-refractivity contribution in [2.24, 2.45) is 0 Å². The van der Waals surface area contributed by atoms with Crippen LogP contribution in [0.15, 0.2) is 70.4 Å². The van der Waals surface area contributed by atoms with E-state index < -0.39 is 17.9 Å². The minimum Gasteiger partial charge on any atom is -0.497 e. The number of carbonyl (C=O) groups is 2. The molecule has 5 rings (SSSR count). The normalized spacial score (nSPS) is 14.7. The number of nitrogens with zero attached hydrogens (tertiary/aromatic N) is 2. The number of esters is 1. The molecule has 1 aliphatic rings. The quantitative estimate of drug-likeness (QED) is 0.288. The summed E-state index contributed by atoms with van der Waals surface area (Å²) < 4.78 is 16.4. The summed E-state index contributed by atoms with van der Waals surface area (Å²) in [5.41, 5.74) is 1.34. The van der Waals surface area contributed by atoms with Crippen molar-refractivity contribution in [1.29, 1.82) is 0 Å². The van der Waals surface area contributed by atoms with Gasteiger partial charge >= 0.3 is 5.97 Å². The molecule has 9 heteroatoms. The van der Waals surface area contributed by atoms with Gasteiger partial charge in [0.2, 0.25) is 5.76 Å². The van der Waals surface area contributed by atoms with Gasteiger partial charge in [0.05, 0.1) is 29.8 Å². The summed E-state index contributed by atoms with van der Waals surface area (Å²) in [6, 6.07) is 13.1. The van der Waals surface area contributed by atoms with E-state index in [-0.39, 0.29) is 33.4 Å². The lowest BCUT2D eigenvalue weighted by atomic mass is 9.98. The fraction of sp³-hybridized carbons (Fsp3) is 0.154. The van der Waals surface area contributed by atoms with Gasteiger partial charge in [-0.15, -0.1) is 0 Å². The number of anilines is 1. The lowest BCUT2D eigenvalue weighted by Gasteiger charge is -2.22. The fourth-order valence-electron chi connectivity index (χ4n) is 4.09. The number of para-hydroxylation sites is 1. The first-order chi connectivity index (χ1) is 16.9. The van der Waals surface area contributed by atoms with Crippen LogP contribution < -0.4 is 15.1 Å². The lowest BCUT2D eigenvalue weighted by Crippen LogP contribution is -2.29. The van der Waals surface area contributed by atoms with Crippen LogP contribution in [0.25, 0.3) is 11.0 Å². The summed E-state index contributed by atoms with van der Waals surface area (Å²) in [5.74, 6) is -0.481. The van der Waals surface area contributed by atoms with Crippen molar-refractivity contribution in [3.8, 4) is 5.75 Å². The van der Waals surface area contributed by atoms with E-state index in [1.54, 1.807) is 62.6 Å². The number of aryl methyl sites for hydroxylation is 1. The summed E-state index contributed by atoms with van der Waals surface area (Å²) in [6.07, 6.45) is 1.47. The summed E-state index contributed by atoms with van der Waals surface area (Å²) in [4.78, 5) is 45.9. The van der Waals surface area contributed by atoms with Gasteiger partial charge in [-0.25, -0.2) is 9.78 Å². The summed E-state index contributed by atoms with van der Waals surface area (Å²) >= 11 is 1.02. The zero-order valence-corrected chi connectivity index (χ0v) is 19.8. The molecule has 0 fully saturated rings. The van der Waals surface area contributed by atoms with Gasteiger partial charge in [0, 0.05) is 0 Å². The number of methoxy groups -OCH3 is 1. The molecule has 0 unspecified atom stereocenters. The Labute approximate surface area is 204 Å². The predicted octanol–water partition coefficient (Wildman–Crippen LogP) is 4.66. The van der Waals surface area contributed by atoms with Crippen molar-refractivity contribution in [2.45, 2.75) is 13.0 Å². The van der Waals surface area contributed by atoms with Crippen LogP contribution in [-0.2, 0) is 4.74 Å². The summed E-state index contributed by atoms with van der Waals surface area (Å²) in [7, 11) is 1.56. The fourth-order valence-corrected chi connectivity index (χ4v) is 5.08. The Bertz CT molecular complexity index is 1540. The third kappa shape index (κ3) is 3.70. The van der Waals surface area contributed by atoms with Gasteiger partial charge in [-0.2, -0.15) is 0 Å². The number of carbonyl (C=O) groups excluding carboxylic acids is 2. The molecule has 4 aromatic rings. The molecule has 1 aliphatic heterocycles. The van der Waals surface area contributed by atoms with Crippen LogP contribution in [0.5, 0.6) is 5.75 Å². The average Bonchev–Trinajstić information content (AvgIpc) is 3.40. The second-order valence-electron chi connectivity index (χ2n) is 7.82. The first-order valence-corrected chi connectivity index (χ1v) is 11.5. The third-order valence-electron chi connectivity index (χ3n) is 5.72. The van der Waals surface area contributed by atoms with E-state index in [4.69, 9.17) is 13.9 Å². The van der Waals surface area contributed by atoms with Crippen LogP contribution in [-0.4, -0.2) is 30.6 Å². The molecule has 1 amide bonds. The van der Waals surface area contributed by atoms with Crippen LogP contribution in [0.2, 0.25) is 0 Å². The number of amides is 1. The molecular formula is C26H20N2O6S. The van der Waals surface area contributed by atoms with Gasteiger partial charge in [0.15, 0.2) is 10.6 Å². The number of aromatic nitrogens is 1. The van der Waals surface area contributed by atoms with E-state index in [0.29, 0.717) is 28.0 Å². The number of thiazole rings is 1. The average molecular weight is 489 g/mol. The van der Waals surface area contributed by atoms with Crippen molar-refractivity contribution in [2.75, 3.05) is 18.6 Å². The van der Waals surface area contributed by atoms with Gasteiger partial charge < -0.3 is 13.9 Å². The number of hydrogen-bond acceptors (Lipinski definition) is 8. The Morgan fingerprint density at radius 3 is 2.66 bits per heavy atom. The van der Waals surface area contributed by atoms with Gasteiger partial charge in [-0.05, 0) is 36.8 Å². The van der Waals surface area contributed by atoms with Gasteiger partial charge in [0.1, 0.15) is 22.8 Å². The lowest BCUT2D eigenvalue weighted by molar-refractivity contribution is 0.0554.